The molecule has 0 amide bonds. The van der Waals surface area contributed by atoms with E-state index in [9.17, 15) is 78.3 Å². The Labute approximate surface area is 207 Å². The van der Waals surface area contributed by atoms with Gasteiger partial charge in [0, 0.05) is 0 Å². The fourth-order valence-corrected chi connectivity index (χ4v) is 3.15. The van der Waals surface area contributed by atoms with Gasteiger partial charge in [-0.2, -0.15) is 69.5 Å². The van der Waals surface area contributed by atoms with E-state index in [1.165, 1.54) is 13.8 Å². The maximum atomic E-state index is 13.0. The van der Waals surface area contributed by atoms with E-state index in [2.05, 4.69) is 0 Å². The third kappa shape index (κ3) is 7.52. The highest BCUT2D eigenvalue weighted by Crippen LogP contribution is 2.52. The van der Waals surface area contributed by atoms with E-state index in [-0.39, 0.29) is 25.7 Å². The number of halogens is 14. The number of hydrogen-bond acceptors (Lipinski definition) is 4. The summed E-state index contributed by atoms with van der Waals surface area (Å²) in [6.45, 7) is 2.82. The van der Waals surface area contributed by atoms with E-state index in [0.717, 1.165) is 0 Å². The molecule has 0 aromatic carbocycles. The molecule has 0 bridgehead atoms. The molecule has 2 N–H and O–H groups in total. The molecule has 0 aliphatic rings. The fraction of sp³-hybridized carbons (Fsp3) is 1.00. The van der Waals surface area contributed by atoms with Crippen molar-refractivity contribution >= 4 is 20.2 Å². The fourth-order valence-electron chi connectivity index (χ4n) is 2.23. The van der Waals surface area contributed by atoms with Crippen molar-refractivity contribution in [3.8, 4) is 0 Å². The summed E-state index contributed by atoms with van der Waals surface area (Å²) in [4.78, 5) is 0. The average Bonchev–Trinajstić information content (AvgIpc) is 2.73. The third-order valence-corrected chi connectivity index (χ3v) is 6.43. The van der Waals surface area contributed by atoms with Gasteiger partial charge in [0.25, 0.3) is 0 Å². The standard InChI is InChI=1S/2C8H11F7O3S/c2*1-2-3-4-5(9)6(10,11)7(12,13)8(14,15)19(16,17)18/h2*5H,2-4H2,1H3,(H,16,17,18). The highest BCUT2D eigenvalue weighted by molar-refractivity contribution is 7.87. The smallest absolute Gasteiger partial charge is 0.281 e. The van der Waals surface area contributed by atoms with Crippen LogP contribution in [0.25, 0.3) is 0 Å². The van der Waals surface area contributed by atoms with Crippen molar-refractivity contribution in [3.63, 3.8) is 0 Å². The number of hydrogen-bond donors (Lipinski definition) is 2. The minimum atomic E-state index is -6.83. The first-order valence-electron chi connectivity index (χ1n) is 9.95. The van der Waals surface area contributed by atoms with Crippen LogP contribution in [-0.4, -0.2) is 72.5 Å². The molecule has 0 rings (SSSR count). The maximum absolute atomic E-state index is 13.0. The van der Waals surface area contributed by atoms with Crippen LogP contribution in [0.1, 0.15) is 52.4 Å². The van der Waals surface area contributed by atoms with Crippen molar-refractivity contribution in [2.45, 2.75) is 98.9 Å². The van der Waals surface area contributed by atoms with Crippen LogP contribution in [0.5, 0.6) is 0 Å². The topological polar surface area (TPSA) is 109 Å². The lowest BCUT2D eigenvalue weighted by atomic mass is 10.0. The largest absolute Gasteiger partial charge is 0.438 e. The van der Waals surface area contributed by atoms with Gasteiger partial charge in [-0.15, -0.1) is 0 Å². The van der Waals surface area contributed by atoms with E-state index < -0.39 is 79.6 Å². The Morgan fingerprint density at radius 1 is 0.553 bits per heavy atom. The van der Waals surface area contributed by atoms with Gasteiger partial charge >= 0.3 is 54.4 Å². The molecule has 22 heteroatoms. The second kappa shape index (κ2) is 12.6. The number of alkyl halides is 14. The van der Waals surface area contributed by atoms with Gasteiger partial charge in [0.1, 0.15) is 0 Å². The van der Waals surface area contributed by atoms with Gasteiger partial charge in [-0.3, -0.25) is 9.11 Å². The van der Waals surface area contributed by atoms with Crippen LogP contribution in [-0.2, 0) is 20.2 Å². The van der Waals surface area contributed by atoms with Crippen LogP contribution in [0, 0.1) is 0 Å². The summed E-state index contributed by atoms with van der Waals surface area (Å²) in [5, 5.41) is -13.0. The van der Waals surface area contributed by atoms with Gasteiger partial charge < -0.3 is 0 Å². The van der Waals surface area contributed by atoms with Gasteiger partial charge in [0.15, 0.2) is 12.3 Å². The Morgan fingerprint density at radius 3 is 0.921 bits per heavy atom. The van der Waals surface area contributed by atoms with E-state index in [4.69, 9.17) is 9.11 Å². The normalized spacial score (nSPS) is 16.5. The van der Waals surface area contributed by atoms with Crippen molar-refractivity contribution in [2.75, 3.05) is 0 Å². The van der Waals surface area contributed by atoms with Gasteiger partial charge in [-0.05, 0) is 12.8 Å². The Morgan fingerprint density at radius 2 is 0.763 bits per heavy atom. The minimum absolute atomic E-state index is 0.136. The van der Waals surface area contributed by atoms with Crippen LogP contribution in [0.3, 0.4) is 0 Å². The summed E-state index contributed by atoms with van der Waals surface area (Å²) in [7, 11) is -13.7. The molecular weight excluding hydrogens is 618 g/mol. The summed E-state index contributed by atoms with van der Waals surface area (Å²) in [5.41, 5.74) is 0. The monoisotopic (exact) mass is 640 g/mol. The third-order valence-electron chi connectivity index (χ3n) is 4.63. The van der Waals surface area contributed by atoms with Crippen molar-refractivity contribution in [1.29, 1.82) is 0 Å². The van der Waals surface area contributed by atoms with Gasteiger partial charge in [0.05, 0.1) is 0 Å². The summed E-state index contributed by atoms with van der Waals surface area (Å²) >= 11 is 0. The molecule has 0 fully saturated rings. The van der Waals surface area contributed by atoms with Crippen molar-refractivity contribution < 1.29 is 87.4 Å². The average molecular weight is 640 g/mol. The Bertz CT molecular complexity index is 891. The molecule has 0 saturated carbocycles. The SMILES string of the molecule is CCCCC(F)C(F)(F)C(F)(F)C(F)(F)S(=O)(=O)O.CCCCC(F)C(F)(F)C(F)(F)C(F)(F)S(=O)(=O)O. The molecule has 0 aromatic heterocycles. The van der Waals surface area contributed by atoms with E-state index in [1.807, 2.05) is 0 Å². The zero-order valence-electron chi connectivity index (χ0n) is 19.0. The molecule has 0 aliphatic carbocycles. The second-order valence-corrected chi connectivity index (χ2v) is 10.5. The molecule has 6 nitrogen and oxygen atoms in total. The highest BCUT2D eigenvalue weighted by atomic mass is 32.2. The minimum Gasteiger partial charge on any atom is -0.281 e. The maximum Gasteiger partial charge on any atom is 0.438 e. The molecule has 0 saturated heterocycles. The summed E-state index contributed by atoms with van der Waals surface area (Å²) < 4.78 is 236. The molecule has 38 heavy (non-hydrogen) atoms. The predicted molar refractivity (Wildman–Crippen MR) is 102 cm³/mol. The lowest BCUT2D eigenvalue weighted by molar-refractivity contribution is -0.300. The summed E-state index contributed by atoms with van der Waals surface area (Å²) in [6.07, 6.45) is -9.95. The van der Waals surface area contributed by atoms with Gasteiger partial charge in [-0.1, -0.05) is 39.5 Å². The van der Waals surface area contributed by atoms with Crippen LogP contribution >= 0.6 is 0 Å². The van der Waals surface area contributed by atoms with E-state index in [1.54, 1.807) is 0 Å². The van der Waals surface area contributed by atoms with Crippen molar-refractivity contribution in [2.24, 2.45) is 0 Å². The highest BCUT2D eigenvalue weighted by Gasteiger charge is 2.80. The van der Waals surface area contributed by atoms with Crippen LogP contribution in [0.4, 0.5) is 61.5 Å². The first kappa shape index (κ1) is 39.0. The lowest BCUT2D eigenvalue weighted by Gasteiger charge is -2.32. The predicted octanol–water partition coefficient (Wildman–Crippen LogP) is 6.53. The van der Waals surface area contributed by atoms with Crippen LogP contribution in [0.15, 0.2) is 0 Å². The molecule has 0 aromatic rings. The zero-order valence-corrected chi connectivity index (χ0v) is 20.7. The lowest BCUT2D eigenvalue weighted by Crippen LogP contribution is -2.61. The molecule has 0 heterocycles. The van der Waals surface area contributed by atoms with Crippen LogP contribution < -0.4 is 0 Å². The molecule has 232 valence electrons. The zero-order chi connectivity index (χ0) is 31.4. The molecule has 0 spiro atoms. The summed E-state index contributed by atoms with van der Waals surface area (Å²) in [5.74, 6) is -25.1. The first-order valence-corrected chi connectivity index (χ1v) is 12.8. The molecule has 0 radical (unpaired) electrons. The number of unbranched alkanes of at least 4 members (excludes halogenated alkanes) is 2. The van der Waals surface area contributed by atoms with Gasteiger partial charge in [-0.25, -0.2) is 8.78 Å². The van der Waals surface area contributed by atoms with E-state index >= 15 is 0 Å². The van der Waals surface area contributed by atoms with Gasteiger partial charge in [0.2, 0.25) is 0 Å². The van der Waals surface area contributed by atoms with Crippen LogP contribution in [0.2, 0.25) is 0 Å². The Kier molecular flexibility index (Phi) is 12.9. The molecule has 2 atom stereocenters. The molecule has 2 unspecified atom stereocenters. The molecule has 0 aliphatic heterocycles. The Hall–Kier alpha value is -1.16. The summed E-state index contributed by atoms with van der Waals surface area (Å²) in [6, 6.07) is 0. The van der Waals surface area contributed by atoms with Crippen molar-refractivity contribution in [1.82, 2.24) is 0 Å². The molecular formula is C16H22F14O6S2. The van der Waals surface area contributed by atoms with E-state index in [0.29, 0.717) is 0 Å². The Balaban J connectivity index is 0. The quantitative estimate of drug-likeness (QED) is 0.165. The van der Waals surface area contributed by atoms with Crippen molar-refractivity contribution in [3.05, 3.63) is 0 Å². The first-order chi connectivity index (χ1) is 16.5. The second-order valence-electron chi connectivity index (χ2n) is 7.60. The number of rotatable bonds is 14.